The minimum atomic E-state index is -0.302. The Hall–Kier alpha value is -0.860. The summed E-state index contributed by atoms with van der Waals surface area (Å²) in [5, 5.41) is 3.14. The lowest BCUT2D eigenvalue weighted by molar-refractivity contribution is -0.155. The van der Waals surface area contributed by atoms with Crippen molar-refractivity contribution in [3.8, 4) is 0 Å². The Labute approximate surface area is 133 Å². The van der Waals surface area contributed by atoms with Crippen LogP contribution in [0.4, 0.5) is 0 Å². The molecule has 1 heterocycles. The highest BCUT2D eigenvalue weighted by molar-refractivity contribution is 6.04. The fraction of sp³-hybridized carbons (Fsp3) is 0.895. The van der Waals surface area contributed by atoms with Crippen LogP contribution in [0, 0.1) is 34.5 Å². The van der Waals surface area contributed by atoms with Gasteiger partial charge in [-0.2, -0.15) is 0 Å². The molecule has 1 N–H and O–H groups in total. The van der Waals surface area contributed by atoms with E-state index in [0.29, 0.717) is 17.3 Å². The van der Waals surface area contributed by atoms with Crippen molar-refractivity contribution in [2.75, 3.05) is 0 Å². The van der Waals surface area contributed by atoms with Crippen LogP contribution in [-0.4, -0.2) is 17.7 Å². The number of hydrogen-bond acceptors (Lipinski definition) is 2. The first-order chi connectivity index (χ1) is 10.4. The van der Waals surface area contributed by atoms with Gasteiger partial charge < -0.3 is 5.32 Å². The molecule has 0 radical (unpaired) electrons. The Bertz CT molecular complexity index is 530. The number of fused-ring (bicyclic) bond motifs is 5. The molecule has 4 fully saturated rings. The van der Waals surface area contributed by atoms with Gasteiger partial charge in [-0.1, -0.05) is 20.8 Å². The lowest BCUT2D eigenvalue weighted by Gasteiger charge is -2.59. The second-order valence-corrected chi connectivity index (χ2v) is 8.98. The molecule has 0 bridgehead atoms. The molecule has 4 rings (SSSR count). The molecule has 3 nitrogen and oxygen atoms in total. The third-order valence-electron chi connectivity index (χ3n) is 8.45. The van der Waals surface area contributed by atoms with Gasteiger partial charge in [0.1, 0.15) is 5.78 Å². The molecule has 0 spiro atoms. The van der Waals surface area contributed by atoms with Crippen LogP contribution in [0.2, 0.25) is 0 Å². The molecule has 22 heavy (non-hydrogen) atoms. The largest absolute Gasteiger partial charge is 0.352 e. The summed E-state index contributed by atoms with van der Waals surface area (Å²) in [6.45, 7) is 7.10. The summed E-state index contributed by atoms with van der Waals surface area (Å²) in [7, 11) is 0. The van der Waals surface area contributed by atoms with E-state index in [4.69, 9.17) is 0 Å². The van der Waals surface area contributed by atoms with E-state index in [1.54, 1.807) is 0 Å². The third-order valence-corrected chi connectivity index (χ3v) is 8.45. The topological polar surface area (TPSA) is 46.2 Å². The number of carbonyl (C=O) groups is 2. The Morgan fingerprint density at radius 2 is 1.77 bits per heavy atom. The van der Waals surface area contributed by atoms with Crippen molar-refractivity contribution in [2.45, 2.75) is 71.8 Å². The van der Waals surface area contributed by atoms with Gasteiger partial charge in [0.05, 0.1) is 6.42 Å². The van der Waals surface area contributed by atoms with Crippen LogP contribution in [0.5, 0.6) is 0 Å². The van der Waals surface area contributed by atoms with Gasteiger partial charge >= 0.3 is 0 Å². The number of piperidine rings is 1. The molecule has 4 aliphatic rings. The predicted octanol–water partition coefficient (Wildman–Crippen LogP) is 3.32. The number of ketones is 1. The van der Waals surface area contributed by atoms with E-state index in [9.17, 15) is 9.59 Å². The lowest BCUT2D eigenvalue weighted by Crippen LogP contribution is -2.64. The minimum Gasteiger partial charge on any atom is -0.352 e. The van der Waals surface area contributed by atoms with Gasteiger partial charge in [0.2, 0.25) is 5.91 Å². The fourth-order valence-corrected chi connectivity index (χ4v) is 6.82. The molecule has 0 aromatic rings. The second kappa shape index (κ2) is 4.58. The Morgan fingerprint density at radius 1 is 1.00 bits per heavy atom. The van der Waals surface area contributed by atoms with Crippen LogP contribution in [-0.2, 0) is 9.59 Å². The number of rotatable bonds is 0. The van der Waals surface area contributed by atoms with E-state index in [-0.39, 0.29) is 29.6 Å². The Morgan fingerprint density at radius 3 is 2.55 bits per heavy atom. The van der Waals surface area contributed by atoms with Crippen molar-refractivity contribution >= 4 is 11.7 Å². The fourth-order valence-electron chi connectivity index (χ4n) is 6.82. The van der Waals surface area contributed by atoms with Crippen LogP contribution in [0.3, 0.4) is 0 Å². The first kappa shape index (κ1) is 14.7. The van der Waals surface area contributed by atoms with Gasteiger partial charge in [0.25, 0.3) is 0 Å². The van der Waals surface area contributed by atoms with Gasteiger partial charge in [-0.25, -0.2) is 0 Å². The highest BCUT2D eigenvalue weighted by Crippen LogP contribution is 2.64. The molecule has 1 saturated heterocycles. The molecule has 7 atom stereocenters. The average Bonchev–Trinajstić information content (AvgIpc) is 2.77. The maximum atomic E-state index is 12.8. The summed E-state index contributed by atoms with van der Waals surface area (Å²) in [6, 6.07) is 0.0886. The monoisotopic (exact) mass is 303 g/mol. The normalized spacial score (nSPS) is 54.2. The number of nitrogens with one attached hydrogen (secondary N) is 1. The second-order valence-electron chi connectivity index (χ2n) is 8.98. The van der Waals surface area contributed by atoms with Crippen LogP contribution < -0.4 is 5.32 Å². The summed E-state index contributed by atoms with van der Waals surface area (Å²) in [5.74, 6) is 2.97. The number of Topliss-reactive ketones (excluding diaryl/α,β-unsaturated/α-hetero) is 1. The Balaban J connectivity index is 1.69. The summed E-state index contributed by atoms with van der Waals surface area (Å²) in [4.78, 5) is 24.6. The van der Waals surface area contributed by atoms with Crippen molar-refractivity contribution < 1.29 is 9.59 Å². The molecule has 3 aliphatic carbocycles. The molecular formula is C19H29NO2. The van der Waals surface area contributed by atoms with Gasteiger partial charge in [0.15, 0.2) is 0 Å². The van der Waals surface area contributed by atoms with Crippen LogP contribution in [0.25, 0.3) is 0 Å². The number of amides is 1. The average molecular weight is 303 g/mol. The highest BCUT2D eigenvalue weighted by Gasteiger charge is 2.62. The highest BCUT2D eigenvalue weighted by atomic mass is 16.2. The maximum Gasteiger partial charge on any atom is 0.227 e. The smallest absolute Gasteiger partial charge is 0.227 e. The van der Waals surface area contributed by atoms with Gasteiger partial charge in [-0.3, -0.25) is 9.59 Å². The SMILES string of the molecule is CC1CC[C@H]2[C@@H]3CCC4NC(=O)CC(=O)[C@]4(C)[C@@H]3CC[C@]12C. The van der Waals surface area contributed by atoms with Crippen LogP contribution in [0.1, 0.15) is 65.7 Å². The van der Waals surface area contributed by atoms with Crippen molar-refractivity contribution in [1.29, 1.82) is 0 Å². The van der Waals surface area contributed by atoms with Gasteiger partial charge in [-0.15, -0.1) is 0 Å². The van der Waals surface area contributed by atoms with Crippen molar-refractivity contribution in [3.05, 3.63) is 0 Å². The van der Waals surface area contributed by atoms with Crippen molar-refractivity contribution in [3.63, 3.8) is 0 Å². The van der Waals surface area contributed by atoms with E-state index < -0.39 is 0 Å². The first-order valence-electron chi connectivity index (χ1n) is 9.20. The van der Waals surface area contributed by atoms with Gasteiger partial charge in [-0.05, 0) is 67.6 Å². The maximum absolute atomic E-state index is 12.8. The lowest BCUT2D eigenvalue weighted by atomic mass is 9.47. The zero-order valence-electron chi connectivity index (χ0n) is 14.2. The molecule has 3 saturated carbocycles. The van der Waals surface area contributed by atoms with E-state index in [0.717, 1.165) is 18.3 Å². The van der Waals surface area contributed by atoms with E-state index >= 15 is 0 Å². The van der Waals surface area contributed by atoms with Crippen LogP contribution in [0.15, 0.2) is 0 Å². The summed E-state index contributed by atoms with van der Waals surface area (Å²) in [5.41, 5.74) is 0.190. The third kappa shape index (κ3) is 1.68. The van der Waals surface area contributed by atoms with Gasteiger partial charge in [0, 0.05) is 11.5 Å². The van der Waals surface area contributed by atoms with E-state index in [1.807, 2.05) is 0 Å². The quantitative estimate of drug-likeness (QED) is 0.698. The zero-order valence-corrected chi connectivity index (χ0v) is 14.2. The summed E-state index contributed by atoms with van der Waals surface area (Å²) in [6.07, 6.45) is 7.45. The van der Waals surface area contributed by atoms with Crippen molar-refractivity contribution in [1.82, 2.24) is 5.32 Å². The van der Waals surface area contributed by atoms with E-state index in [2.05, 4.69) is 26.1 Å². The van der Waals surface area contributed by atoms with E-state index in [1.165, 1.54) is 32.1 Å². The summed E-state index contributed by atoms with van der Waals surface area (Å²) >= 11 is 0. The number of hydrogen-bond donors (Lipinski definition) is 1. The van der Waals surface area contributed by atoms with Crippen LogP contribution >= 0.6 is 0 Å². The molecular weight excluding hydrogens is 274 g/mol. The molecule has 3 heteroatoms. The zero-order chi connectivity index (χ0) is 15.7. The standard InChI is InChI=1S/C19H29NO2/c1-11-4-6-13-12-5-7-15-19(3,16(21)10-17(22)20-15)14(12)8-9-18(11,13)2/h11-15H,4-10H2,1-3H3,(H,20,22)/t11?,12-,13-,14+,15?,18+,19+/m0/s1. The molecule has 1 aliphatic heterocycles. The molecule has 1 amide bonds. The molecule has 122 valence electrons. The molecule has 2 unspecified atom stereocenters. The first-order valence-corrected chi connectivity index (χ1v) is 9.20. The summed E-state index contributed by atoms with van der Waals surface area (Å²) < 4.78 is 0. The number of carbonyl (C=O) groups excluding carboxylic acids is 2. The van der Waals surface area contributed by atoms with Crippen molar-refractivity contribution in [2.24, 2.45) is 34.5 Å². The minimum absolute atomic E-state index is 0.0546. The molecule has 0 aromatic carbocycles. The predicted molar refractivity (Wildman–Crippen MR) is 85.1 cm³/mol. The molecule has 0 aromatic heterocycles. The Kier molecular flexibility index (Phi) is 3.06.